The van der Waals surface area contributed by atoms with E-state index in [1.165, 1.54) is 12.1 Å². The Bertz CT molecular complexity index is 1180. The number of anilines is 1. The third-order valence-corrected chi connectivity index (χ3v) is 5.64. The van der Waals surface area contributed by atoms with Gasteiger partial charge in [0, 0.05) is 30.4 Å². The van der Waals surface area contributed by atoms with Crippen molar-refractivity contribution < 1.29 is 40.6 Å². The number of hydrogen-bond acceptors (Lipinski definition) is 3. The molecule has 3 nitrogen and oxygen atoms in total. The first-order chi connectivity index (χ1) is 17.4. The third-order valence-electron chi connectivity index (χ3n) is 5.64. The summed E-state index contributed by atoms with van der Waals surface area (Å²) in [5, 5.41) is 10.4. The van der Waals surface area contributed by atoms with E-state index in [4.69, 9.17) is 4.74 Å². The molecule has 3 aromatic carbocycles. The Hall–Kier alpha value is -3.27. The largest absolute Gasteiger partial charge is 0.489 e. The number of hydrogen-bond donors (Lipinski definition) is 1. The van der Waals surface area contributed by atoms with Crippen molar-refractivity contribution in [3.8, 4) is 5.75 Å². The zero-order chi connectivity index (χ0) is 27.2. The molecule has 0 bridgehead atoms. The van der Waals surface area contributed by atoms with Crippen molar-refractivity contribution in [2.24, 2.45) is 0 Å². The molecule has 0 spiro atoms. The fraction of sp³-hybridized carbons (Fsp3) is 0.333. The smallest absolute Gasteiger partial charge is 0.416 e. The van der Waals surface area contributed by atoms with Crippen LogP contribution in [-0.4, -0.2) is 17.8 Å². The fourth-order valence-corrected chi connectivity index (χ4v) is 3.77. The summed E-state index contributed by atoms with van der Waals surface area (Å²) in [6, 6.07) is 13.5. The van der Waals surface area contributed by atoms with Crippen LogP contribution in [0.2, 0.25) is 0 Å². The average Bonchev–Trinajstić information content (AvgIpc) is 2.83. The standard InChI is InChI=1S/C27H26F7NO2/c1-2-5-23(36)16-35(15-19-10-11-21(13-25(19)28)27(32,33)34)22-8-4-9-24(14-22)37-17-18-6-3-7-20(12-18)26(29,30)31/h3-4,6-14,23,36H,2,5,15-17H2,1H3. The van der Waals surface area contributed by atoms with Gasteiger partial charge >= 0.3 is 12.4 Å². The normalized spacial score (nSPS) is 12.9. The molecule has 3 aromatic rings. The molecular formula is C27H26F7NO2. The molecule has 1 N–H and O–H groups in total. The quantitative estimate of drug-likeness (QED) is 0.275. The van der Waals surface area contributed by atoms with Crippen LogP contribution in [0.25, 0.3) is 0 Å². The van der Waals surface area contributed by atoms with E-state index < -0.39 is 35.4 Å². The second-order valence-electron chi connectivity index (χ2n) is 8.61. The Balaban J connectivity index is 1.82. The van der Waals surface area contributed by atoms with Crippen LogP contribution in [0.3, 0.4) is 0 Å². The van der Waals surface area contributed by atoms with Crippen molar-refractivity contribution >= 4 is 5.69 Å². The number of aliphatic hydroxyl groups is 1. The molecule has 0 aliphatic rings. The Kier molecular flexibility index (Phi) is 9.07. The lowest BCUT2D eigenvalue weighted by Crippen LogP contribution is -2.32. The summed E-state index contributed by atoms with van der Waals surface area (Å²) < 4.78 is 97.9. The van der Waals surface area contributed by atoms with Crippen LogP contribution in [-0.2, 0) is 25.5 Å². The van der Waals surface area contributed by atoms with Crippen LogP contribution < -0.4 is 9.64 Å². The minimum absolute atomic E-state index is 0.00647. The first-order valence-corrected chi connectivity index (χ1v) is 11.5. The highest BCUT2D eigenvalue weighted by Crippen LogP contribution is 2.32. The van der Waals surface area contributed by atoms with Gasteiger partial charge in [0.2, 0.25) is 0 Å². The van der Waals surface area contributed by atoms with Crippen molar-refractivity contribution in [2.45, 2.75) is 51.4 Å². The van der Waals surface area contributed by atoms with Gasteiger partial charge in [-0.1, -0.05) is 37.6 Å². The predicted octanol–water partition coefficient (Wildman–Crippen LogP) is 7.61. The van der Waals surface area contributed by atoms with Gasteiger partial charge < -0.3 is 14.7 Å². The Morgan fingerprint density at radius 3 is 2.19 bits per heavy atom. The van der Waals surface area contributed by atoms with Crippen molar-refractivity contribution in [3.05, 3.63) is 94.8 Å². The molecule has 0 aliphatic carbocycles. The maximum atomic E-state index is 14.6. The SMILES string of the molecule is CCCC(O)CN(Cc1ccc(C(F)(F)F)cc1F)c1cccc(OCc2cccc(C(F)(F)F)c2)c1. The van der Waals surface area contributed by atoms with E-state index in [0.717, 1.165) is 24.3 Å². The zero-order valence-corrected chi connectivity index (χ0v) is 19.9. The first kappa shape index (κ1) is 28.3. The molecular weight excluding hydrogens is 503 g/mol. The summed E-state index contributed by atoms with van der Waals surface area (Å²) in [5.41, 5.74) is -1.08. The Morgan fingerprint density at radius 1 is 0.865 bits per heavy atom. The van der Waals surface area contributed by atoms with Crippen molar-refractivity contribution in [1.82, 2.24) is 0 Å². The van der Waals surface area contributed by atoms with Gasteiger partial charge in [-0.2, -0.15) is 26.3 Å². The lowest BCUT2D eigenvalue weighted by Gasteiger charge is -2.28. The molecule has 3 rings (SSSR count). The number of aliphatic hydroxyl groups excluding tert-OH is 1. The van der Waals surface area contributed by atoms with E-state index >= 15 is 0 Å². The number of alkyl halides is 6. The van der Waals surface area contributed by atoms with Gasteiger partial charge in [-0.3, -0.25) is 0 Å². The molecule has 0 saturated carbocycles. The summed E-state index contributed by atoms with van der Waals surface area (Å²) >= 11 is 0. The second kappa shape index (κ2) is 11.9. The molecule has 200 valence electrons. The summed E-state index contributed by atoms with van der Waals surface area (Å²) in [6.07, 6.45) is -8.80. The van der Waals surface area contributed by atoms with E-state index in [-0.39, 0.29) is 25.3 Å². The molecule has 0 amide bonds. The predicted molar refractivity (Wildman–Crippen MR) is 126 cm³/mol. The second-order valence-corrected chi connectivity index (χ2v) is 8.61. The molecule has 1 atom stereocenters. The van der Waals surface area contributed by atoms with Gasteiger partial charge in [-0.15, -0.1) is 0 Å². The number of ether oxygens (including phenoxy) is 1. The number of halogens is 7. The van der Waals surface area contributed by atoms with Crippen LogP contribution in [0.1, 0.15) is 42.0 Å². The van der Waals surface area contributed by atoms with Gasteiger partial charge in [-0.25, -0.2) is 4.39 Å². The molecule has 0 heterocycles. The highest BCUT2D eigenvalue weighted by atomic mass is 19.4. The topological polar surface area (TPSA) is 32.7 Å². The molecule has 0 radical (unpaired) electrons. The molecule has 0 aromatic heterocycles. The fourth-order valence-electron chi connectivity index (χ4n) is 3.77. The van der Waals surface area contributed by atoms with Crippen molar-refractivity contribution in [3.63, 3.8) is 0 Å². The highest BCUT2D eigenvalue weighted by molar-refractivity contribution is 5.51. The van der Waals surface area contributed by atoms with E-state index in [1.54, 1.807) is 29.2 Å². The molecule has 0 aliphatic heterocycles. The van der Waals surface area contributed by atoms with Crippen molar-refractivity contribution in [1.29, 1.82) is 0 Å². The van der Waals surface area contributed by atoms with Crippen molar-refractivity contribution in [2.75, 3.05) is 11.4 Å². The van der Waals surface area contributed by atoms with Crippen LogP contribution in [0.15, 0.2) is 66.7 Å². The first-order valence-electron chi connectivity index (χ1n) is 11.5. The minimum Gasteiger partial charge on any atom is -0.489 e. The minimum atomic E-state index is -4.68. The van der Waals surface area contributed by atoms with Gasteiger partial charge in [0.1, 0.15) is 18.2 Å². The van der Waals surface area contributed by atoms with Gasteiger partial charge in [0.15, 0.2) is 0 Å². The maximum absolute atomic E-state index is 14.6. The van der Waals surface area contributed by atoms with Gasteiger partial charge in [-0.05, 0) is 48.4 Å². The van der Waals surface area contributed by atoms with Gasteiger partial charge in [0.05, 0.1) is 17.2 Å². The monoisotopic (exact) mass is 529 g/mol. The van der Waals surface area contributed by atoms with Crippen LogP contribution in [0, 0.1) is 5.82 Å². The Labute approximate surface area is 210 Å². The molecule has 1 unspecified atom stereocenters. The van der Waals surface area contributed by atoms with Crippen LogP contribution in [0.5, 0.6) is 5.75 Å². The average molecular weight is 529 g/mol. The lowest BCUT2D eigenvalue weighted by molar-refractivity contribution is -0.138. The van der Waals surface area contributed by atoms with Crippen LogP contribution in [0.4, 0.5) is 36.4 Å². The maximum Gasteiger partial charge on any atom is 0.416 e. The lowest BCUT2D eigenvalue weighted by atomic mass is 10.1. The van der Waals surface area contributed by atoms with Crippen LogP contribution >= 0.6 is 0 Å². The summed E-state index contributed by atoms with van der Waals surface area (Å²) in [7, 11) is 0. The van der Waals surface area contributed by atoms with E-state index in [0.29, 0.717) is 35.9 Å². The number of rotatable bonds is 10. The third kappa shape index (κ3) is 8.11. The van der Waals surface area contributed by atoms with E-state index in [2.05, 4.69) is 0 Å². The molecule has 10 heteroatoms. The summed E-state index contributed by atoms with van der Waals surface area (Å²) in [4.78, 5) is 1.61. The number of benzene rings is 3. The van der Waals surface area contributed by atoms with E-state index in [1.807, 2.05) is 6.92 Å². The van der Waals surface area contributed by atoms with Gasteiger partial charge in [0.25, 0.3) is 0 Å². The zero-order valence-electron chi connectivity index (χ0n) is 19.9. The Morgan fingerprint density at radius 2 is 1.54 bits per heavy atom. The summed E-state index contributed by atoms with van der Waals surface area (Å²) in [6.45, 7) is 1.69. The summed E-state index contributed by atoms with van der Waals surface area (Å²) in [5.74, 6) is -0.709. The molecule has 0 saturated heterocycles. The molecule has 0 fully saturated rings. The number of nitrogens with zero attached hydrogens (tertiary/aromatic N) is 1. The highest BCUT2D eigenvalue weighted by Gasteiger charge is 2.32. The molecule has 37 heavy (non-hydrogen) atoms. The van der Waals surface area contributed by atoms with E-state index in [9.17, 15) is 35.8 Å².